The second-order valence-corrected chi connectivity index (χ2v) is 9.37. The molecule has 0 saturated carbocycles. The zero-order chi connectivity index (χ0) is 22.2. The number of hydrogen-bond donors (Lipinski definition) is 0. The van der Waals surface area contributed by atoms with E-state index in [9.17, 15) is 4.79 Å². The highest BCUT2D eigenvalue weighted by Gasteiger charge is 2.39. The smallest absolute Gasteiger partial charge is 0.269 e. The van der Waals surface area contributed by atoms with E-state index in [0.29, 0.717) is 6.54 Å². The molecule has 0 atom stereocenters. The van der Waals surface area contributed by atoms with Gasteiger partial charge in [0.1, 0.15) is 15.7 Å². The predicted octanol–water partition coefficient (Wildman–Crippen LogP) is 6.23. The molecular formula is C25H23N3O2S2. The average molecular weight is 462 g/mol. The van der Waals surface area contributed by atoms with Gasteiger partial charge in [-0.25, -0.2) is 4.99 Å². The van der Waals surface area contributed by atoms with Gasteiger partial charge in [-0.15, -0.1) is 0 Å². The number of hydrogen-bond acceptors (Lipinski definition) is 6. The summed E-state index contributed by atoms with van der Waals surface area (Å²) in [6.07, 6.45) is 0. The third-order valence-electron chi connectivity index (χ3n) is 5.58. The Balaban J connectivity index is 1.58. The fourth-order valence-electron chi connectivity index (χ4n) is 3.98. The van der Waals surface area contributed by atoms with Crippen molar-refractivity contribution in [3.63, 3.8) is 0 Å². The Morgan fingerprint density at radius 3 is 2.50 bits per heavy atom. The molecule has 0 aliphatic carbocycles. The number of thioether (sulfide) groups is 2. The van der Waals surface area contributed by atoms with E-state index >= 15 is 0 Å². The van der Waals surface area contributed by atoms with E-state index in [2.05, 4.69) is 36.1 Å². The fraction of sp³-hybridized carbons (Fsp3) is 0.200. The number of methoxy groups -OCH3 is 1. The molecule has 1 fully saturated rings. The second kappa shape index (κ2) is 8.56. The first-order valence-electron chi connectivity index (χ1n) is 10.6. The van der Waals surface area contributed by atoms with Gasteiger partial charge in [-0.1, -0.05) is 48.2 Å². The SMILES string of the molecule is CCN1C(=O)/C(=C2\Sc3ccc(OC)cc3N2CC)SC1=Nc1cccc2ccccc12. The molecule has 2 heterocycles. The number of likely N-dealkylation sites (N-methyl/N-ethyl adjacent to an activating group) is 1. The summed E-state index contributed by atoms with van der Waals surface area (Å²) in [6, 6.07) is 20.3. The summed E-state index contributed by atoms with van der Waals surface area (Å²) >= 11 is 3.10. The van der Waals surface area contributed by atoms with Crippen LogP contribution in [0.15, 0.2) is 80.5 Å². The van der Waals surface area contributed by atoms with Gasteiger partial charge in [0.15, 0.2) is 5.17 Å². The molecule has 0 bridgehead atoms. The number of fused-ring (bicyclic) bond motifs is 2. The number of nitrogens with zero attached hydrogens (tertiary/aromatic N) is 3. The van der Waals surface area contributed by atoms with Crippen LogP contribution in [-0.2, 0) is 4.79 Å². The Hall–Kier alpha value is -2.90. The van der Waals surface area contributed by atoms with Crippen molar-refractivity contribution in [2.45, 2.75) is 18.7 Å². The Morgan fingerprint density at radius 2 is 1.72 bits per heavy atom. The van der Waals surface area contributed by atoms with Gasteiger partial charge >= 0.3 is 0 Å². The normalized spacial score (nSPS) is 19.3. The maximum absolute atomic E-state index is 13.4. The zero-order valence-corrected chi connectivity index (χ0v) is 19.8. The maximum atomic E-state index is 13.4. The van der Waals surface area contributed by atoms with Gasteiger partial charge in [-0.2, -0.15) is 0 Å². The lowest BCUT2D eigenvalue weighted by Crippen LogP contribution is -2.29. The molecule has 2 aliphatic heterocycles. The lowest BCUT2D eigenvalue weighted by molar-refractivity contribution is -0.122. The van der Waals surface area contributed by atoms with Gasteiger partial charge in [0.2, 0.25) is 0 Å². The standard InChI is InChI=1S/C25H23N3O2S2/c1-4-27-20-15-17(30-3)13-14-21(20)31-24(27)22-23(29)28(5-2)25(32-22)26-19-12-8-10-16-9-6-7-11-18(16)19/h6-15H,4-5H2,1-3H3/b24-22+,26-25?. The van der Waals surface area contributed by atoms with E-state index < -0.39 is 0 Å². The van der Waals surface area contributed by atoms with E-state index in [1.165, 1.54) is 11.8 Å². The molecule has 0 unspecified atom stereocenters. The van der Waals surface area contributed by atoms with Gasteiger partial charge in [-0.3, -0.25) is 9.69 Å². The highest BCUT2D eigenvalue weighted by atomic mass is 32.2. The number of rotatable bonds is 4. The summed E-state index contributed by atoms with van der Waals surface area (Å²) < 4.78 is 5.42. The van der Waals surface area contributed by atoms with Crippen molar-refractivity contribution in [1.29, 1.82) is 0 Å². The lowest BCUT2D eigenvalue weighted by Gasteiger charge is -2.19. The molecule has 5 rings (SSSR count). The number of anilines is 1. The average Bonchev–Trinajstić information content (AvgIpc) is 3.34. The fourth-order valence-corrected chi connectivity index (χ4v) is 6.41. The van der Waals surface area contributed by atoms with Crippen molar-refractivity contribution in [2.24, 2.45) is 4.99 Å². The highest BCUT2D eigenvalue weighted by Crippen LogP contribution is 2.51. The van der Waals surface area contributed by atoms with Crippen LogP contribution in [0.5, 0.6) is 5.75 Å². The largest absolute Gasteiger partial charge is 0.497 e. The van der Waals surface area contributed by atoms with Gasteiger partial charge in [0, 0.05) is 29.4 Å². The van der Waals surface area contributed by atoms with Gasteiger partial charge in [0.05, 0.1) is 18.5 Å². The zero-order valence-electron chi connectivity index (χ0n) is 18.2. The molecule has 0 N–H and O–H groups in total. The summed E-state index contributed by atoms with van der Waals surface area (Å²) in [7, 11) is 1.67. The topological polar surface area (TPSA) is 45.1 Å². The highest BCUT2D eigenvalue weighted by molar-refractivity contribution is 8.19. The van der Waals surface area contributed by atoms with Crippen molar-refractivity contribution in [1.82, 2.24) is 4.90 Å². The number of ether oxygens (including phenoxy) is 1. The predicted molar refractivity (Wildman–Crippen MR) is 135 cm³/mol. The Labute approximate surface area is 196 Å². The molecule has 5 nitrogen and oxygen atoms in total. The summed E-state index contributed by atoms with van der Waals surface area (Å²) in [4.78, 5) is 24.2. The Kier molecular flexibility index (Phi) is 5.61. The number of carbonyl (C=O) groups excluding carboxylic acids is 1. The van der Waals surface area contributed by atoms with Gasteiger partial charge in [0.25, 0.3) is 5.91 Å². The number of carbonyl (C=O) groups is 1. The molecule has 162 valence electrons. The molecule has 3 aromatic carbocycles. The monoisotopic (exact) mass is 461 g/mol. The first-order valence-corrected chi connectivity index (χ1v) is 12.2. The third-order valence-corrected chi connectivity index (χ3v) is 7.96. The van der Waals surface area contributed by atoms with Crippen LogP contribution in [0.1, 0.15) is 13.8 Å². The van der Waals surface area contributed by atoms with Crippen molar-refractivity contribution < 1.29 is 9.53 Å². The second-order valence-electron chi connectivity index (χ2n) is 7.36. The lowest BCUT2D eigenvalue weighted by atomic mass is 10.1. The third kappa shape index (κ3) is 3.45. The summed E-state index contributed by atoms with van der Waals surface area (Å²) in [5, 5.41) is 3.91. The minimum atomic E-state index is 0.0113. The van der Waals surface area contributed by atoms with Crippen LogP contribution in [0, 0.1) is 0 Å². The van der Waals surface area contributed by atoms with Crippen LogP contribution in [-0.4, -0.2) is 36.2 Å². The first kappa shape index (κ1) is 21.0. The molecule has 2 aliphatic rings. The molecule has 32 heavy (non-hydrogen) atoms. The van der Waals surface area contributed by atoms with Crippen molar-refractivity contribution in [3.05, 3.63) is 70.6 Å². The Bertz CT molecular complexity index is 1280. The van der Waals surface area contributed by atoms with Crippen LogP contribution in [0.25, 0.3) is 10.8 Å². The van der Waals surface area contributed by atoms with Crippen LogP contribution >= 0.6 is 23.5 Å². The minimum absolute atomic E-state index is 0.0113. The van der Waals surface area contributed by atoms with E-state index in [1.807, 2.05) is 43.3 Å². The van der Waals surface area contributed by atoms with Crippen molar-refractivity contribution in [3.8, 4) is 5.75 Å². The molecule has 3 aromatic rings. The van der Waals surface area contributed by atoms with Gasteiger partial charge < -0.3 is 9.64 Å². The molecular weight excluding hydrogens is 438 g/mol. The molecule has 0 aromatic heterocycles. The number of aliphatic imine (C=N–C) groups is 1. The van der Waals surface area contributed by atoms with Crippen molar-refractivity contribution in [2.75, 3.05) is 25.1 Å². The van der Waals surface area contributed by atoms with Crippen LogP contribution < -0.4 is 9.64 Å². The number of benzene rings is 3. The van der Waals surface area contributed by atoms with E-state index in [0.717, 1.165) is 54.4 Å². The van der Waals surface area contributed by atoms with Crippen LogP contribution in [0.3, 0.4) is 0 Å². The maximum Gasteiger partial charge on any atom is 0.269 e. The molecule has 1 amide bonds. The van der Waals surface area contributed by atoms with Crippen LogP contribution in [0.4, 0.5) is 11.4 Å². The summed E-state index contributed by atoms with van der Waals surface area (Å²) in [6.45, 7) is 5.43. The quantitative estimate of drug-likeness (QED) is 0.431. The molecule has 7 heteroatoms. The summed E-state index contributed by atoms with van der Waals surface area (Å²) in [5.74, 6) is 0.824. The summed E-state index contributed by atoms with van der Waals surface area (Å²) in [5.41, 5.74) is 1.96. The van der Waals surface area contributed by atoms with Crippen LogP contribution in [0.2, 0.25) is 0 Å². The van der Waals surface area contributed by atoms with E-state index in [-0.39, 0.29) is 5.91 Å². The van der Waals surface area contributed by atoms with E-state index in [1.54, 1.807) is 23.8 Å². The van der Waals surface area contributed by atoms with E-state index in [4.69, 9.17) is 9.73 Å². The number of amides is 1. The molecule has 0 spiro atoms. The molecule has 1 saturated heterocycles. The Morgan fingerprint density at radius 1 is 0.938 bits per heavy atom. The molecule has 0 radical (unpaired) electrons. The van der Waals surface area contributed by atoms with Gasteiger partial charge in [-0.05, 0) is 49.2 Å². The minimum Gasteiger partial charge on any atom is -0.497 e. The number of amidine groups is 1. The van der Waals surface area contributed by atoms with Crippen molar-refractivity contribution >= 4 is 56.7 Å². The first-order chi connectivity index (χ1) is 15.6.